The molecule has 0 heterocycles. The van der Waals surface area contributed by atoms with Gasteiger partial charge in [-0.1, -0.05) is 61.5 Å². The van der Waals surface area contributed by atoms with Gasteiger partial charge in [0.2, 0.25) is 0 Å². The molecular weight excluding hydrogens is 232 g/mol. The average molecular weight is 250 g/mol. The van der Waals surface area contributed by atoms with E-state index in [4.69, 9.17) is 0 Å². The Balaban J connectivity index is 2.02. The molecule has 0 aromatic heterocycles. The highest BCUT2D eigenvalue weighted by Crippen LogP contribution is 2.06. The van der Waals surface area contributed by atoms with Gasteiger partial charge in [-0.25, -0.2) is 0 Å². The van der Waals surface area contributed by atoms with Crippen molar-refractivity contribution in [3.05, 3.63) is 72.3 Å². The standard InChI is InChI=1S/C17H18N2/c1-2-16(14-13-15-9-5-3-6-10-15)18-19-17-11-7-4-8-12-17/h3-14,19H,2H2,1H3/b14-13-,18-16-. The predicted octanol–water partition coefficient (Wildman–Crippen LogP) is 4.58. The van der Waals surface area contributed by atoms with Crippen LogP contribution in [-0.2, 0) is 0 Å². The number of allylic oxidation sites excluding steroid dienone is 1. The minimum atomic E-state index is 0.892. The van der Waals surface area contributed by atoms with Crippen molar-refractivity contribution in [2.45, 2.75) is 13.3 Å². The summed E-state index contributed by atoms with van der Waals surface area (Å²) in [5.41, 5.74) is 6.27. The minimum absolute atomic E-state index is 0.892. The molecule has 0 aliphatic heterocycles. The molecule has 0 fully saturated rings. The van der Waals surface area contributed by atoms with Gasteiger partial charge in [-0.3, -0.25) is 5.43 Å². The number of nitrogens with one attached hydrogen (secondary N) is 1. The fourth-order valence-electron chi connectivity index (χ4n) is 1.64. The van der Waals surface area contributed by atoms with E-state index in [1.807, 2.05) is 54.6 Å². The van der Waals surface area contributed by atoms with Gasteiger partial charge in [0.05, 0.1) is 11.4 Å². The molecule has 0 bridgehead atoms. The summed E-state index contributed by atoms with van der Waals surface area (Å²) >= 11 is 0. The van der Waals surface area contributed by atoms with Crippen molar-refractivity contribution < 1.29 is 0 Å². The zero-order valence-electron chi connectivity index (χ0n) is 11.1. The Labute approximate surface area is 114 Å². The fourth-order valence-corrected chi connectivity index (χ4v) is 1.64. The maximum atomic E-state index is 4.41. The molecule has 96 valence electrons. The lowest BCUT2D eigenvalue weighted by molar-refractivity contribution is 1.23. The number of rotatable bonds is 5. The molecule has 0 spiro atoms. The van der Waals surface area contributed by atoms with Crippen LogP contribution >= 0.6 is 0 Å². The van der Waals surface area contributed by atoms with Gasteiger partial charge >= 0.3 is 0 Å². The van der Waals surface area contributed by atoms with Crippen LogP contribution in [0.15, 0.2) is 71.8 Å². The van der Waals surface area contributed by atoms with Crippen molar-refractivity contribution in [2.24, 2.45) is 5.10 Å². The van der Waals surface area contributed by atoms with E-state index in [1.54, 1.807) is 0 Å². The number of hydrogen-bond acceptors (Lipinski definition) is 2. The summed E-state index contributed by atoms with van der Waals surface area (Å²) in [7, 11) is 0. The molecule has 0 amide bonds. The van der Waals surface area contributed by atoms with E-state index >= 15 is 0 Å². The van der Waals surface area contributed by atoms with Crippen LogP contribution in [0, 0.1) is 0 Å². The van der Waals surface area contributed by atoms with E-state index in [0.717, 1.165) is 17.8 Å². The number of hydrogen-bond donors (Lipinski definition) is 1. The molecule has 0 radical (unpaired) electrons. The highest BCUT2D eigenvalue weighted by Gasteiger charge is 1.92. The summed E-state index contributed by atoms with van der Waals surface area (Å²) in [6.07, 6.45) is 5.02. The van der Waals surface area contributed by atoms with Crippen molar-refractivity contribution >= 4 is 17.5 Å². The van der Waals surface area contributed by atoms with Crippen molar-refractivity contribution in [3.8, 4) is 0 Å². The van der Waals surface area contributed by atoms with E-state index in [-0.39, 0.29) is 0 Å². The van der Waals surface area contributed by atoms with E-state index in [2.05, 4.69) is 35.7 Å². The van der Waals surface area contributed by atoms with Crippen LogP contribution in [0.2, 0.25) is 0 Å². The molecule has 0 aliphatic rings. The van der Waals surface area contributed by atoms with Crippen molar-refractivity contribution in [2.75, 3.05) is 5.43 Å². The number of benzene rings is 2. The molecule has 2 aromatic carbocycles. The molecule has 19 heavy (non-hydrogen) atoms. The second-order valence-electron chi connectivity index (χ2n) is 4.18. The van der Waals surface area contributed by atoms with Gasteiger partial charge in [-0.15, -0.1) is 0 Å². The second-order valence-corrected chi connectivity index (χ2v) is 4.18. The van der Waals surface area contributed by atoms with E-state index in [1.165, 1.54) is 5.56 Å². The predicted molar refractivity (Wildman–Crippen MR) is 83.3 cm³/mol. The van der Waals surface area contributed by atoms with Crippen LogP contribution in [0.25, 0.3) is 6.08 Å². The van der Waals surface area contributed by atoms with Gasteiger partial charge < -0.3 is 0 Å². The molecule has 2 heteroatoms. The maximum Gasteiger partial charge on any atom is 0.0604 e. The quantitative estimate of drug-likeness (QED) is 0.609. The summed E-state index contributed by atoms with van der Waals surface area (Å²) in [5, 5.41) is 4.41. The first kappa shape index (κ1) is 13.1. The molecule has 2 aromatic rings. The first-order valence-corrected chi connectivity index (χ1v) is 6.49. The lowest BCUT2D eigenvalue weighted by Crippen LogP contribution is -1.97. The van der Waals surface area contributed by atoms with Crippen LogP contribution in [0.3, 0.4) is 0 Å². The van der Waals surface area contributed by atoms with E-state index < -0.39 is 0 Å². The fraction of sp³-hybridized carbons (Fsp3) is 0.118. The normalized spacial score (nSPS) is 11.7. The number of hydrazone groups is 1. The largest absolute Gasteiger partial charge is 0.278 e. The average Bonchev–Trinajstić information content (AvgIpc) is 2.49. The van der Waals surface area contributed by atoms with Crippen molar-refractivity contribution in [3.63, 3.8) is 0 Å². The Morgan fingerprint density at radius 1 is 1.00 bits per heavy atom. The summed E-state index contributed by atoms with van der Waals surface area (Å²) in [4.78, 5) is 0. The highest BCUT2D eigenvalue weighted by atomic mass is 15.3. The topological polar surface area (TPSA) is 24.4 Å². The SMILES string of the molecule is CCC(/C=C\c1ccccc1)=N/Nc1ccccc1. The smallest absolute Gasteiger partial charge is 0.0604 e. The first-order valence-electron chi connectivity index (χ1n) is 6.49. The Bertz CT molecular complexity index is 542. The molecule has 0 saturated heterocycles. The van der Waals surface area contributed by atoms with Gasteiger partial charge in [0.1, 0.15) is 0 Å². The zero-order valence-corrected chi connectivity index (χ0v) is 11.1. The van der Waals surface area contributed by atoms with Crippen LogP contribution in [0.5, 0.6) is 0 Å². The van der Waals surface area contributed by atoms with E-state index in [0.29, 0.717) is 0 Å². The van der Waals surface area contributed by atoms with Gasteiger partial charge in [0.15, 0.2) is 0 Å². The molecule has 2 nitrogen and oxygen atoms in total. The molecule has 2 rings (SSSR count). The number of nitrogens with zero attached hydrogens (tertiary/aromatic N) is 1. The lowest BCUT2D eigenvalue weighted by Gasteiger charge is -2.01. The van der Waals surface area contributed by atoms with Crippen LogP contribution in [0.1, 0.15) is 18.9 Å². The Hall–Kier alpha value is -2.35. The first-order chi connectivity index (χ1) is 9.38. The third-order valence-corrected chi connectivity index (χ3v) is 2.73. The Kier molecular flexibility index (Phi) is 4.94. The monoisotopic (exact) mass is 250 g/mol. The molecule has 0 atom stereocenters. The molecule has 1 N–H and O–H groups in total. The number of para-hydroxylation sites is 1. The van der Waals surface area contributed by atoms with Crippen LogP contribution < -0.4 is 5.43 Å². The third-order valence-electron chi connectivity index (χ3n) is 2.73. The van der Waals surface area contributed by atoms with Crippen molar-refractivity contribution in [1.82, 2.24) is 0 Å². The summed E-state index contributed by atoms with van der Waals surface area (Å²) in [6.45, 7) is 2.10. The molecule has 0 unspecified atom stereocenters. The van der Waals surface area contributed by atoms with Crippen LogP contribution in [-0.4, -0.2) is 5.71 Å². The lowest BCUT2D eigenvalue weighted by atomic mass is 10.2. The van der Waals surface area contributed by atoms with Crippen molar-refractivity contribution in [1.29, 1.82) is 0 Å². The summed E-state index contributed by atoms with van der Waals surface area (Å²) < 4.78 is 0. The van der Waals surface area contributed by atoms with Gasteiger partial charge in [-0.2, -0.15) is 5.10 Å². The summed E-state index contributed by atoms with van der Waals surface area (Å²) in [5.74, 6) is 0. The minimum Gasteiger partial charge on any atom is -0.278 e. The molecular formula is C17H18N2. The zero-order chi connectivity index (χ0) is 13.3. The molecule has 0 aliphatic carbocycles. The third kappa shape index (κ3) is 4.43. The second kappa shape index (κ2) is 7.17. The number of anilines is 1. The maximum absolute atomic E-state index is 4.41. The van der Waals surface area contributed by atoms with Gasteiger partial charge in [0.25, 0.3) is 0 Å². The highest BCUT2D eigenvalue weighted by molar-refractivity contribution is 5.98. The van der Waals surface area contributed by atoms with Crippen LogP contribution in [0.4, 0.5) is 5.69 Å². The Morgan fingerprint density at radius 3 is 2.26 bits per heavy atom. The molecule has 0 saturated carbocycles. The van der Waals surface area contributed by atoms with E-state index in [9.17, 15) is 0 Å². The Morgan fingerprint density at radius 2 is 1.63 bits per heavy atom. The summed E-state index contributed by atoms with van der Waals surface area (Å²) in [6, 6.07) is 20.2. The van der Waals surface area contributed by atoms with Gasteiger partial charge in [-0.05, 0) is 30.2 Å². The van der Waals surface area contributed by atoms with Gasteiger partial charge in [0, 0.05) is 0 Å².